The maximum Gasteiger partial charge on any atom is 0.267 e. The number of carbonyl (C=O) groups excluding carboxylic acids is 1. The van der Waals surface area contributed by atoms with Crippen LogP contribution in [0.15, 0.2) is 29.1 Å². The average molecular weight is 286 g/mol. The fourth-order valence-electron chi connectivity index (χ4n) is 2.39. The van der Waals surface area contributed by atoms with Crippen LogP contribution in [0.2, 0.25) is 0 Å². The largest absolute Gasteiger partial charge is 0.354 e. The Kier molecular flexibility index (Phi) is 4.46. The first-order valence-corrected chi connectivity index (χ1v) is 7.30. The number of nitrogens with zero attached hydrogens (tertiary/aromatic N) is 1. The highest BCUT2D eigenvalue weighted by molar-refractivity contribution is 5.96. The molecule has 4 heteroatoms. The highest BCUT2D eigenvalue weighted by atomic mass is 16.2. The normalized spacial score (nSPS) is 11.1. The van der Waals surface area contributed by atoms with E-state index in [0.29, 0.717) is 23.5 Å². The van der Waals surface area contributed by atoms with Crippen LogP contribution in [0.4, 0.5) is 0 Å². The lowest BCUT2D eigenvalue weighted by atomic mass is 10.1. The fourth-order valence-corrected chi connectivity index (χ4v) is 2.39. The maximum absolute atomic E-state index is 12.7. The second kappa shape index (κ2) is 6.12. The number of nitrogens with one attached hydrogen (secondary N) is 1. The Morgan fingerprint density at radius 1 is 1.29 bits per heavy atom. The van der Waals surface area contributed by atoms with Gasteiger partial charge in [0.15, 0.2) is 0 Å². The van der Waals surface area contributed by atoms with Crippen molar-refractivity contribution in [2.24, 2.45) is 5.92 Å². The second-order valence-corrected chi connectivity index (χ2v) is 5.84. The van der Waals surface area contributed by atoms with E-state index < -0.39 is 0 Å². The number of aromatic nitrogens is 1. The Morgan fingerprint density at radius 3 is 2.62 bits per heavy atom. The molecule has 112 valence electrons. The van der Waals surface area contributed by atoms with Crippen molar-refractivity contribution in [2.45, 2.75) is 33.7 Å². The smallest absolute Gasteiger partial charge is 0.267 e. The van der Waals surface area contributed by atoms with Gasteiger partial charge in [0.2, 0.25) is 0 Å². The number of carbonyl (C=O) groups is 1. The van der Waals surface area contributed by atoms with Gasteiger partial charge in [0, 0.05) is 19.0 Å². The maximum atomic E-state index is 12.7. The fraction of sp³-hybridized carbons (Fsp3) is 0.412. The highest BCUT2D eigenvalue weighted by Crippen LogP contribution is 2.15. The zero-order valence-electron chi connectivity index (χ0n) is 13.1. The van der Waals surface area contributed by atoms with E-state index in [0.717, 1.165) is 17.4 Å². The number of aryl methyl sites for hydroxylation is 1. The van der Waals surface area contributed by atoms with Crippen molar-refractivity contribution in [3.8, 4) is 0 Å². The zero-order valence-corrected chi connectivity index (χ0v) is 13.1. The summed E-state index contributed by atoms with van der Waals surface area (Å²) in [5.41, 5.74) is 1.39. The van der Waals surface area contributed by atoms with Crippen molar-refractivity contribution in [1.29, 1.82) is 0 Å². The summed E-state index contributed by atoms with van der Waals surface area (Å²) in [7, 11) is 1.58. The molecule has 0 aliphatic heterocycles. The summed E-state index contributed by atoms with van der Waals surface area (Å²) in [6.07, 6.45) is 0.862. The molecule has 1 N–H and O–H groups in total. The number of pyridine rings is 1. The summed E-state index contributed by atoms with van der Waals surface area (Å²) >= 11 is 0. The molecule has 0 spiro atoms. The predicted molar refractivity (Wildman–Crippen MR) is 85.8 cm³/mol. The Morgan fingerprint density at radius 2 is 2.00 bits per heavy atom. The van der Waals surface area contributed by atoms with E-state index in [2.05, 4.69) is 19.2 Å². The molecule has 2 aromatic rings. The van der Waals surface area contributed by atoms with Gasteiger partial charge in [0.25, 0.3) is 11.5 Å². The molecule has 21 heavy (non-hydrogen) atoms. The monoisotopic (exact) mass is 286 g/mol. The van der Waals surface area contributed by atoms with Crippen molar-refractivity contribution in [2.75, 3.05) is 7.05 Å². The van der Waals surface area contributed by atoms with Gasteiger partial charge >= 0.3 is 0 Å². The molecule has 1 aromatic heterocycles. The Balaban J connectivity index is 2.68. The Bertz CT molecular complexity index is 729. The van der Waals surface area contributed by atoms with Crippen LogP contribution < -0.4 is 10.9 Å². The molecule has 0 aliphatic rings. The standard InChI is InChI=1S/C17H22N2O2/c1-11(2)7-8-19-15(16(20)18-4)10-13-6-5-12(3)9-14(13)17(19)21/h5-6,9-11H,7-8H2,1-4H3,(H,18,20). The molecule has 0 saturated carbocycles. The van der Waals surface area contributed by atoms with Crippen LogP contribution in [-0.2, 0) is 6.54 Å². The van der Waals surface area contributed by atoms with E-state index in [1.165, 1.54) is 0 Å². The first-order chi connectivity index (χ1) is 9.93. The summed E-state index contributed by atoms with van der Waals surface area (Å²) in [6, 6.07) is 7.53. The molecular formula is C17H22N2O2. The van der Waals surface area contributed by atoms with Gasteiger partial charge in [-0.15, -0.1) is 0 Å². The molecular weight excluding hydrogens is 264 g/mol. The van der Waals surface area contributed by atoms with Gasteiger partial charge in [-0.2, -0.15) is 0 Å². The van der Waals surface area contributed by atoms with E-state index in [1.807, 2.05) is 25.1 Å². The molecule has 1 amide bonds. The minimum absolute atomic E-state index is 0.0875. The van der Waals surface area contributed by atoms with Crippen LogP contribution in [0.25, 0.3) is 10.8 Å². The van der Waals surface area contributed by atoms with Crippen LogP contribution in [-0.4, -0.2) is 17.5 Å². The molecule has 1 aromatic carbocycles. The third-order valence-electron chi connectivity index (χ3n) is 3.66. The van der Waals surface area contributed by atoms with Gasteiger partial charge in [-0.25, -0.2) is 0 Å². The number of hydrogen-bond acceptors (Lipinski definition) is 2. The van der Waals surface area contributed by atoms with Crippen molar-refractivity contribution >= 4 is 16.7 Å². The molecule has 0 saturated heterocycles. The number of rotatable bonds is 4. The summed E-state index contributed by atoms with van der Waals surface area (Å²) in [4.78, 5) is 24.8. The topological polar surface area (TPSA) is 51.1 Å². The predicted octanol–water partition coefficient (Wildman–Crippen LogP) is 2.72. The van der Waals surface area contributed by atoms with Crippen LogP contribution in [0.5, 0.6) is 0 Å². The zero-order chi connectivity index (χ0) is 15.6. The third kappa shape index (κ3) is 3.15. The molecule has 4 nitrogen and oxygen atoms in total. The van der Waals surface area contributed by atoms with Gasteiger partial charge in [-0.1, -0.05) is 31.5 Å². The van der Waals surface area contributed by atoms with Crippen molar-refractivity contribution in [3.63, 3.8) is 0 Å². The van der Waals surface area contributed by atoms with Crippen LogP contribution in [0.1, 0.15) is 36.3 Å². The molecule has 1 heterocycles. The van der Waals surface area contributed by atoms with Gasteiger partial charge in [-0.3, -0.25) is 9.59 Å². The van der Waals surface area contributed by atoms with Crippen LogP contribution >= 0.6 is 0 Å². The molecule has 0 atom stereocenters. The SMILES string of the molecule is CNC(=O)c1cc2ccc(C)cc2c(=O)n1CCC(C)C. The molecule has 2 rings (SSSR count). The quantitative estimate of drug-likeness (QED) is 0.939. The van der Waals surface area contributed by atoms with Gasteiger partial charge in [0.05, 0.1) is 0 Å². The Labute approximate surface area is 124 Å². The number of amides is 1. The average Bonchev–Trinajstić information content (AvgIpc) is 2.45. The minimum atomic E-state index is -0.224. The van der Waals surface area contributed by atoms with E-state index in [-0.39, 0.29) is 11.5 Å². The number of benzene rings is 1. The number of hydrogen-bond donors (Lipinski definition) is 1. The minimum Gasteiger partial charge on any atom is -0.354 e. The van der Waals surface area contributed by atoms with Crippen molar-refractivity contribution in [3.05, 3.63) is 45.9 Å². The molecule has 0 unspecified atom stereocenters. The summed E-state index contributed by atoms with van der Waals surface area (Å²) in [5.74, 6) is 0.251. The van der Waals surface area contributed by atoms with E-state index in [9.17, 15) is 9.59 Å². The van der Waals surface area contributed by atoms with E-state index in [4.69, 9.17) is 0 Å². The van der Waals surface area contributed by atoms with Crippen molar-refractivity contribution in [1.82, 2.24) is 9.88 Å². The number of fused-ring (bicyclic) bond motifs is 1. The first-order valence-electron chi connectivity index (χ1n) is 7.30. The summed E-state index contributed by atoms with van der Waals surface area (Å²) in [5, 5.41) is 4.10. The van der Waals surface area contributed by atoms with E-state index >= 15 is 0 Å². The lowest BCUT2D eigenvalue weighted by Crippen LogP contribution is -2.31. The van der Waals surface area contributed by atoms with Crippen molar-refractivity contribution < 1.29 is 4.79 Å². The molecule has 0 aliphatic carbocycles. The lowest BCUT2D eigenvalue weighted by Gasteiger charge is -2.15. The molecule has 0 radical (unpaired) electrons. The van der Waals surface area contributed by atoms with Gasteiger partial charge < -0.3 is 9.88 Å². The van der Waals surface area contributed by atoms with E-state index in [1.54, 1.807) is 17.7 Å². The highest BCUT2D eigenvalue weighted by Gasteiger charge is 2.14. The van der Waals surface area contributed by atoms with Crippen LogP contribution in [0, 0.1) is 12.8 Å². The summed E-state index contributed by atoms with van der Waals surface area (Å²) in [6.45, 7) is 6.73. The lowest BCUT2D eigenvalue weighted by molar-refractivity contribution is 0.0952. The Hall–Kier alpha value is -2.10. The van der Waals surface area contributed by atoms with Gasteiger partial charge in [0.1, 0.15) is 5.69 Å². The first kappa shape index (κ1) is 15.3. The molecule has 0 bridgehead atoms. The van der Waals surface area contributed by atoms with Crippen LogP contribution in [0.3, 0.4) is 0 Å². The molecule has 0 fully saturated rings. The second-order valence-electron chi connectivity index (χ2n) is 5.84. The third-order valence-corrected chi connectivity index (χ3v) is 3.66. The summed E-state index contributed by atoms with van der Waals surface area (Å²) < 4.78 is 1.60. The van der Waals surface area contributed by atoms with Gasteiger partial charge in [-0.05, 0) is 36.8 Å².